The van der Waals surface area contributed by atoms with Gasteiger partial charge in [0.1, 0.15) is 11.6 Å². The number of rotatable bonds is 8. The summed E-state index contributed by atoms with van der Waals surface area (Å²) in [6.45, 7) is 5.12. The lowest BCUT2D eigenvalue weighted by Gasteiger charge is -2.19. The maximum absolute atomic E-state index is 13.6. The molecule has 4 nitrogen and oxygen atoms in total. The standard InChI is InChI=1S/C14H23FN2O2/c1-11(13-5-4-12(18)10-14(13)15)16-6-7-17(2)8-9-19-3/h4-5,10-11,16,18H,6-9H2,1-3H3. The first-order valence-electron chi connectivity index (χ1n) is 6.44. The van der Waals surface area contributed by atoms with E-state index in [1.54, 1.807) is 13.2 Å². The van der Waals surface area contributed by atoms with Crippen molar-refractivity contribution in [2.45, 2.75) is 13.0 Å². The average Bonchev–Trinajstić information content (AvgIpc) is 2.36. The number of phenols is 1. The fourth-order valence-electron chi connectivity index (χ4n) is 1.81. The first-order chi connectivity index (χ1) is 9.04. The van der Waals surface area contributed by atoms with Gasteiger partial charge in [0.15, 0.2) is 0 Å². The molecule has 19 heavy (non-hydrogen) atoms. The topological polar surface area (TPSA) is 44.7 Å². The lowest BCUT2D eigenvalue weighted by molar-refractivity contribution is 0.161. The SMILES string of the molecule is COCCN(C)CCNC(C)c1ccc(O)cc1F. The van der Waals surface area contributed by atoms with Crippen LogP contribution in [0.25, 0.3) is 0 Å². The summed E-state index contributed by atoms with van der Waals surface area (Å²) in [4.78, 5) is 2.15. The maximum Gasteiger partial charge on any atom is 0.131 e. The Morgan fingerprint density at radius 1 is 1.42 bits per heavy atom. The Morgan fingerprint density at radius 2 is 2.16 bits per heavy atom. The second kappa shape index (κ2) is 8.09. The zero-order valence-corrected chi connectivity index (χ0v) is 11.8. The molecule has 1 aromatic carbocycles. The van der Waals surface area contributed by atoms with Gasteiger partial charge in [-0.05, 0) is 20.0 Å². The summed E-state index contributed by atoms with van der Waals surface area (Å²) in [6, 6.07) is 4.16. The minimum absolute atomic E-state index is 0.0484. The van der Waals surface area contributed by atoms with Crippen LogP contribution in [0, 0.1) is 5.82 Å². The van der Waals surface area contributed by atoms with Crippen LogP contribution in [0.15, 0.2) is 18.2 Å². The molecular weight excluding hydrogens is 247 g/mol. The van der Waals surface area contributed by atoms with Gasteiger partial charge in [-0.25, -0.2) is 4.39 Å². The summed E-state index contributed by atoms with van der Waals surface area (Å²) in [5.74, 6) is -0.430. The average molecular weight is 270 g/mol. The van der Waals surface area contributed by atoms with Gasteiger partial charge < -0.3 is 20.1 Å². The van der Waals surface area contributed by atoms with Crippen LogP contribution < -0.4 is 5.32 Å². The highest BCUT2D eigenvalue weighted by atomic mass is 19.1. The molecule has 2 N–H and O–H groups in total. The maximum atomic E-state index is 13.6. The van der Waals surface area contributed by atoms with Crippen LogP contribution in [0.4, 0.5) is 4.39 Å². The van der Waals surface area contributed by atoms with E-state index >= 15 is 0 Å². The Balaban J connectivity index is 2.36. The van der Waals surface area contributed by atoms with Crippen molar-refractivity contribution in [3.8, 4) is 5.75 Å². The summed E-state index contributed by atoms with van der Waals surface area (Å²) in [7, 11) is 3.70. The Labute approximate surface area is 114 Å². The van der Waals surface area contributed by atoms with E-state index < -0.39 is 0 Å². The number of aromatic hydroxyl groups is 1. The monoisotopic (exact) mass is 270 g/mol. The van der Waals surface area contributed by atoms with E-state index in [1.165, 1.54) is 6.07 Å². The normalized spacial score (nSPS) is 12.9. The molecule has 1 atom stereocenters. The summed E-state index contributed by atoms with van der Waals surface area (Å²) in [6.07, 6.45) is 0. The molecule has 108 valence electrons. The molecule has 1 unspecified atom stereocenters. The number of nitrogens with zero attached hydrogens (tertiary/aromatic N) is 1. The van der Waals surface area contributed by atoms with Gasteiger partial charge in [0.05, 0.1) is 6.61 Å². The summed E-state index contributed by atoms with van der Waals surface area (Å²) >= 11 is 0. The molecule has 0 bridgehead atoms. The van der Waals surface area contributed by atoms with E-state index in [-0.39, 0.29) is 17.6 Å². The van der Waals surface area contributed by atoms with Gasteiger partial charge in [0.25, 0.3) is 0 Å². The quantitative estimate of drug-likeness (QED) is 0.755. The number of phenolic OH excluding ortho intramolecular Hbond substituents is 1. The smallest absolute Gasteiger partial charge is 0.131 e. The fourth-order valence-corrected chi connectivity index (χ4v) is 1.81. The number of halogens is 1. The van der Waals surface area contributed by atoms with Gasteiger partial charge in [0, 0.05) is 44.4 Å². The van der Waals surface area contributed by atoms with Crippen LogP contribution >= 0.6 is 0 Å². The van der Waals surface area contributed by atoms with E-state index in [0.717, 1.165) is 25.7 Å². The van der Waals surface area contributed by atoms with Gasteiger partial charge in [-0.2, -0.15) is 0 Å². The number of benzene rings is 1. The van der Waals surface area contributed by atoms with Crippen molar-refractivity contribution in [1.29, 1.82) is 0 Å². The molecule has 0 saturated carbocycles. The van der Waals surface area contributed by atoms with Crippen LogP contribution in [-0.4, -0.2) is 50.4 Å². The fraction of sp³-hybridized carbons (Fsp3) is 0.571. The zero-order chi connectivity index (χ0) is 14.3. The molecular formula is C14H23FN2O2. The van der Waals surface area contributed by atoms with Crippen molar-refractivity contribution in [3.05, 3.63) is 29.6 Å². The van der Waals surface area contributed by atoms with E-state index in [4.69, 9.17) is 4.74 Å². The predicted molar refractivity (Wildman–Crippen MR) is 73.9 cm³/mol. The molecule has 0 aliphatic rings. The Kier molecular flexibility index (Phi) is 6.77. The van der Waals surface area contributed by atoms with Crippen molar-refractivity contribution in [3.63, 3.8) is 0 Å². The molecule has 5 heteroatoms. The summed E-state index contributed by atoms with van der Waals surface area (Å²) < 4.78 is 18.6. The van der Waals surface area contributed by atoms with Gasteiger partial charge in [-0.1, -0.05) is 6.07 Å². The second-order valence-corrected chi connectivity index (χ2v) is 4.68. The third kappa shape index (κ3) is 5.55. The van der Waals surface area contributed by atoms with Crippen LogP contribution in [-0.2, 0) is 4.74 Å². The van der Waals surface area contributed by atoms with Gasteiger partial charge in [-0.15, -0.1) is 0 Å². The molecule has 0 radical (unpaired) electrons. The molecule has 0 aliphatic heterocycles. The number of likely N-dealkylation sites (N-methyl/N-ethyl adjacent to an activating group) is 1. The number of hydrogen-bond acceptors (Lipinski definition) is 4. The largest absolute Gasteiger partial charge is 0.508 e. The lowest BCUT2D eigenvalue weighted by atomic mass is 10.1. The number of methoxy groups -OCH3 is 1. The van der Waals surface area contributed by atoms with Crippen LogP contribution in [0.5, 0.6) is 5.75 Å². The van der Waals surface area contributed by atoms with Crippen LogP contribution in [0.2, 0.25) is 0 Å². The molecule has 1 aromatic rings. The van der Waals surface area contributed by atoms with Crippen LogP contribution in [0.1, 0.15) is 18.5 Å². The third-order valence-corrected chi connectivity index (χ3v) is 3.07. The molecule has 1 rings (SSSR count). The molecule has 0 aromatic heterocycles. The molecule has 0 saturated heterocycles. The number of ether oxygens (including phenoxy) is 1. The van der Waals surface area contributed by atoms with E-state index in [0.29, 0.717) is 12.2 Å². The van der Waals surface area contributed by atoms with Crippen molar-refractivity contribution in [2.75, 3.05) is 40.4 Å². The second-order valence-electron chi connectivity index (χ2n) is 4.68. The minimum atomic E-state index is -0.382. The minimum Gasteiger partial charge on any atom is -0.508 e. The highest BCUT2D eigenvalue weighted by Crippen LogP contribution is 2.20. The van der Waals surface area contributed by atoms with Crippen molar-refractivity contribution in [1.82, 2.24) is 10.2 Å². The predicted octanol–water partition coefficient (Wildman–Crippen LogP) is 1.76. The summed E-state index contributed by atoms with van der Waals surface area (Å²) in [5, 5.41) is 12.4. The van der Waals surface area contributed by atoms with Crippen molar-refractivity contribution < 1.29 is 14.2 Å². The molecule has 0 amide bonds. The van der Waals surface area contributed by atoms with Crippen molar-refractivity contribution >= 4 is 0 Å². The molecule has 0 spiro atoms. The number of hydrogen-bond donors (Lipinski definition) is 2. The molecule has 0 fully saturated rings. The number of nitrogens with one attached hydrogen (secondary N) is 1. The molecule has 0 heterocycles. The van der Waals surface area contributed by atoms with Crippen molar-refractivity contribution in [2.24, 2.45) is 0 Å². The Morgan fingerprint density at radius 3 is 2.79 bits per heavy atom. The first-order valence-corrected chi connectivity index (χ1v) is 6.44. The van der Waals surface area contributed by atoms with Gasteiger partial charge in [0.2, 0.25) is 0 Å². The highest BCUT2D eigenvalue weighted by molar-refractivity contribution is 5.29. The molecule has 0 aliphatic carbocycles. The van der Waals surface area contributed by atoms with E-state index in [9.17, 15) is 9.50 Å². The Hall–Kier alpha value is -1.17. The lowest BCUT2D eigenvalue weighted by Crippen LogP contribution is -2.32. The Bertz CT molecular complexity index is 388. The van der Waals surface area contributed by atoms with Gasteiger partial charge >= 0.3 is 0 Å². The first kappa shape index (κ1) is 15.9. The van der Waals surface area contributed by atoms with Crippen LogP contribution in [0.3, 0.4) is 0 Å². The summed E-state index contributed by atoms with van der Waals surface area (Å²) in [5.41, 5.74) is 0.567. The third-order valence-electron chi connectivity index (χ3n) is 3.07. The highest BCUT2D eigenvalue weighted by Gasteiger charge is 2.11. The van der Waals surface area contributed by atoms with E-state index in [2.05, 4.69) is 10.2 Å². The zero-order valence-electron chi connectivity index (χ0n) is 11.8. The van der Waals surface area contributed by atoms with Gasteiger partial charge in [-0.3, -0.25) is 0 Å². The van der Waals surface area contributed by atoms with E-state index in [1.807, 2.05) is 14.0 Å².